The van der Waals surface area contributed by atoms with E-state index in [0.717, 1.165) is 0 Å². The van der Waals surface area contributed by atoms with Crippen LogP contribution in [-0.4, -0.2) is 16.6 Å². The zero-order chi connectivity index (χ0) is 11.6. The van der Waals surface area contributed by atoms with E-state index in [1.165, 1.54) is 11.3 Å². The molecule has 0 unspecified atom stereocenters. The second-order valence-electron chi connectivity index (χ2n) is 4.12. The highest BCUT2D eigenvalue weighted by Crippen LogP contribution is 2.23. The minimum absolute atomic E-state index is 0.123. The molecule has 0 amide bonds. The molecule has 0 saturated heterocycles. The minimum Gasteiger partial charge on any atom is -0.460 e. The molecule has 84 valence electrons. The molecule has 0 saturated carbocycles. The van der Waals surface area contributed by atoms with Crippen LogP contribution in [0.2, 0.25) is 0 Å². The molecule has 15 heavy (non-hydrogen) atoms. The summed E-state index contributed by atoms with van der Waals surface area (Å²) in [4.78, 5) is 15.9. The molecule has 0 aromatic carbocycles. The van der Waals surface area contributed by atoms with Gasteiger partial charge in [0.05, 0.1) is 11.3 Å². The van der Waals surface area contributed by atoms with Gasteiger partial charge >= 0.3 is 5.97 Å². The van der Waals surface area contributed by atoms with Crippen LogP contribution >= 0.6 is 11.3 Å². The van der Waals surface area contributed by atoms with Crippen LogP contribution in [0.15, 0.2) is 0 Å². The number of nitrogens with two attached hydrogens (primary N) is 2. The third-order valence-corrected chi connectivity index (χ3v) is 2.37. The summed E-state index contributed by atoms with van der Waals surface area (Å²) >= 11 is 1.21. The van der Waals surface area contributed by atoms with Crippen molar-refractivity contribution in [1.82, 2.24) is 4.98 Å². The van der Waals surface area contributed by atoms with E-state index in [1.807, 2.05) is 20.8 Å². The number of carbonyl (C=O) groups is 1. The molecule has 5 nitrogen and oxygen atoms in total. The van der Waals surface area contributed by atoms with E-state index >= 15 is 0 Å². The Bertz CT molecular complexity index is 368. The molecule has 6 heteroatoms. The van der Waals surface area contributed by atoms with Crippen molar-refractivity contribution in [3.8, 4) is 0 Å². The lowest BCUT2D eigenvalue weighted by atomic mass is 10.2. The van der Waals surface area contributed by atoms with Gasteiger partial charge in [-0.2, -0.15) is 0 Å². The first-order chi connectivity index (χ1) is 6.78. The highest BCUT2D eigenvalue weighted by atomic mass is 32.1. The maximum absolute atomic E-state index is 11.4. The van der Waals surface area contributed by atoms with Crippen molar-refractivity contribution in [2.24, 2.45) is 0 Å². The van der Waals surface area contributed by atoms with E-state index < -0.39 is 5.60 Å². The quantitative estimate of drug-likeness (QED) is 0.743. The van der Waals surface area contributed by atoms with Gasteiger partial charge in [0.1, 0.15) is 11.4 Å². The maximum Gasteiger partial charge on any atom is 0.311 e. The third-order valence-electron chi connectivity index (χ3n) is 1.47. The van der Waals surface area contributed by atoms with Gasteiger partial charge in [-0.15, -0.1) is 0 Å². The van der Waals surface area contributed by atoms with Crippen LogP contribution in [0.5, 0.6) is 0 Å². The highest BCUT2D eigenvalue weighted by molar-refractivity contribution is 7.16. The fourth-order valence-corrected chi connectivity index (χ4v) is 1.75. The van der Waals surface area contributed by atoms with E-state index in [9.17, 15) is 4.79 Å². The predicted octanol–water partition coefficient (Wildman–Crippen LogP) is 1.19. The first-order valence-electron chi connectivity index (χ1n) is 4.50. The summed E-state index contributed by atoms with van der Waals surface area (Å²) in [5.41, 5.74) is 10.5. The number of esters is 1. The van der Waals surface area contributed by atoms with Gasteiger partial charge in [-0.05, 0) is 20.8 Å². The Labute approximate surface area is 92.4 Å². The molecular weight excluding hydrogens is 214 g/mol. The lowest BCUT2D eigenvalue weighted by Gasteiger charge is -2.19. The zero-order valence-electron chi connectivity index (χ0n) is 9.03. The summed E-state index contributed by atoms with van der Waals surface area (Å²) in [6, 6.07) is 0. The van der Waals surface area contributed by atoms with Crippen LogP contribution in [0.25, 0.3) is 0 Å². The van der Waals surface area contributed by atoms with Gasteiger partial charge in [0.2, 0.25) is 0 Å². The Kier molecular flexibility index (Phi) is 3.18. The number of hydrogen-bond acceptors (Lipinski definition) is 6. The Balaban J connectivity index is 2.63. The van der Waals surface area contributed by atoms with Crippen molar-refractivity contribution in [1.29, 1.82) is 0 Å². The molecule has 0 radical (unpaired) electrons. The number of nitrogen functional groups attached to an aromatic ring is 2. The molecule has 1 rings (SSSR count). The Morgan fingerprint density at radius 3 is 2.47 bits per heavy atom. The number of anilines is 2. The van der Waals surface area contributed by atoms with Crippen molar-refractivity contribution < 1.29 is 9.53 Å². The van der Waals surface area contributed by atoms with Crippen molar-refractivity contribution in [3.63, 3.8) is 0 Å². The maximum atomic E-state index is 11.4. The molecule has 0 bridgehead atoms. The lowest BCUT2D eigenvalue weighted by Crippen LogP contribution is -2.24. The van der Waals surface area contributed by atoms with E-state index in [2.05, 4.69) is 4.98 Å². The van der Waals surface area contributed by atoms with Gasteiger partial charge < -0.3 is 16.2 Å². The SMILES string of the molecule is CC(C)(C)OC(=O)Cc1sc(N)nc1N. The summed E-state index contributed by atoms with van der Waals surface area (Å²) in [7, 11) is 0. The van der Waals surface area contributed by atoms with Gasteiger partial charge in [0.15, 0.2) is 5.13 Å². The Morgan fingerprint density at radius 1 is 1.47 bits per heavy atom. The first kappa shape index (κ1) is 11.8. The molecule has 0 fully saturated rings. The van der Waals surface area contributed by atoms with Crippen molar-refractivity contribution in [3.05, 3.63) is 4.88 Å². The second-order valence-corrected chi connectivity index (χ2v) is 5.24. The molecule has 1 aromatic heterocycles. The fraction of sp³-hybridized carbons (Fsp3) is 0.556. The molecule has 0 aliphatic carbocycles. The van der Waals surface area contributed by atoms with Crippen molar-refractivity contribution >= 4 is 28.3 Å². The monoisotopic (exact) mass is 229 g/mol. The average Bonchev–Trinajstić information content (AvgIpc) is 2.25. The van der Waals surface area contributed by atoms with Crippen molar-refractivity contribution in [2.75, 3.05) is 11.5 Å². The molecule has 0 atom stereocenters. The number of hydrogen-bond donors (Lipinski definition) is 2. The molecular formula is C9H15N3O2S. The number of aromatic nitrogens is 1. The first-order valence-corrected chi connectivity index (χ1v) is 5.32. The second kappa shape index (κ2) is 4.06. The third kappa shape index (κ3) is 3.75. The fourth-order valence-electron chi connectivity index (χ4n) is 1.02. The molecule has 0 aliphatic rings. The highest BCUT2D eigenvalue weighted by Gasteiger charge is 2.18. The van der Waals surface area contributed by atoms with Crippen LogP contribution in [0.4, 0.5) is 10.9 Å². The van der Waals surface area contributed by atoms with E-state index in [1.54, 1.807) is 0 Å². The number of thiazole rings is 1. The normalized spacial score (nSPS) is 11.4. The van der Waals surface area contributed by atoms with Crippen LogP contribution < -0.4 is 11.5 Å². The van der Waals surface area contributed by atoms with E-state index in [-0.39, 0.29) is 12.4 Å². The average molecular weight is 229 g/mol. The molecule has 0 spiro atoms. The summed E-state index contributed by atoms with van der Waals surface area (Å²) < 4.78 is 5.15. The van der Waals surface area contributed by atoms with Gasteiger partial charge in [0, 0.05) is 0 Å². The molecule has 1 aromatic rings. The van der Waals surface area contributed by atoms with Crippen LogP contribution in [0.1, 0.15) is 25.6 Å². The topological polar surface area (TPSA) is 91.2 Å². The lowest BCUT2D eigenvalue weighted by molar-refractivity contribution is -0.153. The standard InChI is InChI=1S/C9H15N3O2S/c1-9(2,3)14-6(13)4-5-7(10)12-8(11)15-5/h4,10H2,1-3H3,(H2,11,12). The number of ether oxygens (including phenoxy) is 1. The van der Waals surface area contributed by atoms with Gasteiger partial charge in [0.25, 0.3) is 0 Å². The van der Waals surface area contributed by atoms with Gasteiger partial charge in [-0.3, -0.25) is 4.79 Å². The van der Waals surface area contributed by atoms with Gasteiger partial charge in [-0.1, -0.05) is 11.3 Å². The summed E-state index contributed by atoms with van der Waals surface area (Å²) in [5, 5.41) is 0.367. The summed E-state index contributed by atoms with van der Waals surface area (Å²) in [6.45, 7) is 5.44. The van der Waals surface area contributed by atoms with Crippen LogP contribution in [-0.2, 0) is 16.0 Å². The molecule has 0 aliphatic heterocycles. The zero-order valence-corrected chi connectivity index (χ0v) is 9.85. The Morgan fingerprint density at radius 2 is 2.07 bits per heavy atom. The van der Waals surface area contributed by atoms with Crippen molar-refractivity contribution in [2.45, 2.75) is 32.8 Å². The minimum atomic E-state index is -0.484. The van der Waals surface area contributed by atoms with E-state index in [4.69, 9.17) is 16.2 Å². The smallest absolute Gasteiger partial charge is 0.311 e. The summed E-state index contributed by atoms with van der Waals surface area (Å²) in [5.74, 6) is -0.0128. The summed E-state index contributed by atoms with van der Waals surface area (Å²) in [6.07, 6.45) is 0.123. The predicted molar refractivity (Wildman–Crippen MR) is 60.5 cm³/mol. The van der Waals surface area contributed by atoms with Crippen LogP contribution in [0.3, 0.4) is 0 Å². The number of rotatable bonds is 2. The largest absolute Gasteiger partial charge is 0.460 e. The van der Waals surface area contributed by atoms with Crippen LogP contribution in [0, 0.1) is 0 Å². The molecule has 4 N–H and O–H groups in total. The number of nitrogens with zero attached hydrogens (tertiary/aromatic N) is 1. The number of carbonyl (C=O) groups excluding carboxylic acids is 1. The van der Waals surface area contributed by atoms with E-state index in [0.29, 0.717) is 15.8 Å². The van der Waals surface area contributed by atoms with Gasteiger partial charge in [-0.25, -0.2) is 4.98 Å². The molecule has 1 heterocycles. The Hall–Kier alpha value is -1.30.